The topological polar surface area (TPSA) is 63.3 Å². The van der Waals surface area contributed by atoms with E-state index in [1.807, 2.05) is 24.4 Å². The maximum Gasteiger partial charge on any atom is 0.182 e. The highest BCUT2D eigenvalue weighted by Gasteiger charge is 2.18. The van der Waals surface area contributed by atoms with Gasteiger partial charge in [-0.3, -0.25) is 9.38 Å². The van der Waals surface area contributed by atoms with Gasteiger partial charge in [0.1, 0.15) is 5.82 Å². The molecule has 0 aromatic carbocycles. The van der Waals surface area contributed by atoms with Crippen LogP contribution in [0.1, 0.15) is 31.3 Å². The number of hydrogen-bond acceptors (Lipinski definition) is 4. The third-order valence-corrected chi connectivity index (χ3v) is 2.68. The number of aromatic nitrogens is 4. The van der Waals surface area contributed by atoms with Gasteiger partial charge in [-0.1, -0.05) is 6.92 Å². The fraction of sp³-hybridized carbons (Fsp3) is 0.500. The maximum atomic E-state index is 9.54. The Labute approximate surface area is 87.8 Å². The van der Waals surface area contributed by atoms with Crippen molar-refractivity contribution in [2.75, 3.05) is 0 Å². The lowest BCUT2D eigenvalue weighted by Gasteiger charge is -2.13. The van der Waals surface area contributed by atoms with Crippen molar-refractivity contribution in [1.29, 1.82) is 0 Å². The fourth-order valence-corrected chi connectivity index (χ4v) is 1.51. The van der Waals surface area contributed by atoms with E-state index in [-0.39, 0.29) is 5.92 Å². The van der Waals surface area contributed by atoms with Gasteiger partial charge in [0.25, 0.3) is 0 Å². The van der Waals surface area contributed by atoms with E-state index in [0.717, 1.165) is 17.2 Å². The molecule has 15 heavy (non-hydrogen) atoms. The first kappa shape index (κ1) is 10.0. The number of aryl methyl sites for hydroxylation is 1. The fourth-order valence-electron chi connectivity index (χ4n) is 1.51. The molecule has 5 heteroatoms. The lowest BCUT2D eigenvalue weighted by molar-refractivity contribution is 0.167. The summed E-state index contributed by atoms with van der Waals surface area (Å²) >= 11 is 0. The lowest BCUT2D eigenvalue weighted by Crippen LogP contribution is -2.14. The molecule has 0 aliphatic carbocycles. The third kappa shape index (κ3) is 1.59. The van der Waals surface area contributed by atoms with Gasteiger partial charge >= 0.3 is 0 Å². The quantitative estimate of drug-likeness (QED) is 0.793. The number of aliphatic hydroxyl groups excluding tert-OH is 1. The van der Waals surface area contributed by atoms with Crippen molar-refractivity contribution >= 4 is 5.65 Å². The van der Waals surface area contributed by atoms with Gasteiger partial charge < -0.3 is 5.11 Å². The molecule has 2 unspecified atom stereocenters. The molecule has 0 spiro atoms. The average Bonchev–Trinajstić information content (AvgIpc) is 2.59. The van der Waals surface area contributed by atoms with Crippen LogP contribution in [0.2, 0.25) is 0 Å². The van der Waals surface area contributed by atoms with Crippen molar-refractivity contribution in [3.8, 4) is 0 Å². The number of hydrogen-bond donors (Lipinski definition) is 1. The van der Waals surface area contributed by atoms with Crippen molar-refractivity contribution in [3.05, 3.63) is 23.9 Å². The molecule has 0 aliphatic rings. The van der Waals surface area contributed by atoms with E-state index in [4.69, 9.17) is 0 Å². The lowest BCUT2D eigenvalue weighted by atomic mass is 10.0. The van der Waals surface area contributed by atoms with Crippen LogP contribution in [0.25, 0.3) is 5.65 Å². The Hall–Kier alpha value is -1.49. The Morgan fingerprint density at radius 2 is 2.07 bits per heavy atom. The molecule has 0 saturated carbocycles. The summed E-state index contributed by atoms with van der Waals surface area (Å²) < 4.78 is 1.88. The molecule has 0 bridgehead atoms. The summed E-state index contributed by atoms with van der Waals surface area (Å²) in [6.45, 7) is 5.56. The third-order valence-electron chi connectivity index (χ3n) is 2.68. The summed E-state index contributed by atoms with van der Waals surface area (Å²) in [5.41, 5.74) is 1.51. The van der Waals surface area contributed by atoms with E-state index >= 15 is 0 Å². The molecule has 0 saturated heterocycles. The van der Waals surface area contributed by atoms with Crippen molar-refractivity contribution in [2.45, 2.75) is 32.8 Å². The van der Waals surface area contributed by atoms with Gasteiger partial charge in [0.2, 0.25) is 0 Å². The first-order valence-electron chi connectivity index (χ1n) is 4.95. The molecule has 0 aliphatic heterocycles. The molecule has 2 atom stereocenters. The van der Waals surface area contributed by atoms with Crippen LogP contribution in [-0.4, -0.2) is 30.8 Å². The maximum absolute atomic E-state index is 9.54. The minimum atomic E-state index is -0.444. The Kier molecular flexibility index (Phi) is 2.40. The zero-order chi connectivity index (χ0) is 11.0. The minimum absolute atomic E-state index is 0.0442. The number of fused-ring (bicyclic) bond motifs is 1. The Morgan fingerprint density at radius 1 is 1.33 bits per heavy atom. The molecule has 1 N–H and O–H groups in total. The van der Waals surface area contributed by atoms with E-state index < -0.39 is 6.10 Å². The van der Waals surface area contributed by atoms with E-state index in [9.17, 15) is 5.11 Å². The summed E-state index contributed by atoms with van der Waals surface area (Å²) in [5, 5.41) is 17.6. The second kappa shape index (κ2) is 3.58. The summed E-state index contributed by atoms with van der Waals surface area (Å²) in [5.74, 6) is 0.781. The van der Waals surface area contributed by atoms with Crippen LogP contribution in [-0.2, 0) is 0 Å². The van der Waals surface area contributed by atoms with E-state index in [1.54, 1.807) is 13.1 Å². The smallest absolute Gasteiger partial charge is 0.182 e. The second-order valence-corrected chi connectivity index (χ2v) is 3.78. The highest BCUT2D eigenvalue weighted by atomic mass is 16.3. The van der Waals surface area contributed by atoms with Gasteiger partial charge in [-0.15, -0.1) is 10.2 Å². The number of nitrogens with zero attached hydrogens (tertiary/aromatic N) is 4. The van der Waals surface area contributed by atoms with E-state index in [1.165, 1.54) is 0 Å². The Morgan fingerprint density at radius 3 is 2.73 bits per heavy atom. The molecule has 0 fully saturated rings. The van der Waals surface area contributed by atoms with E-state index in [2.05, 4.69) is 15.2 Å². The van der Waals surface area contributed by atoms with Crippen LogP contribution in [0.3, 0.4) is 0 Å². The van der Waals surface area contributed by atoms with Gasteiger partial charge in [0.15, 0.2) is 5.65 Å². The molecule has 2 aromatic rings. The molecule has 0 amide bonds. The van der Waals surface area contributed by atoms with Crippen LogP contribution in [0.15, 0.2) is 12.4 Å². The predicted octanol–water partition coefficient (Wildman–Crippen LogP) is 0.917. The number of rotatable bonds is 2. The van der Waals surface area contributed by atoms with Gasteiger partial charge in [-0.05, 0) is 13.8 Å². The second-order valence-electron chi connectivity index (χ2n) is 3.78. The molecular formula is C10H14N4O. The summed E-state index contributed by atoms with van der Waals surface area (Å²) in [6, 6.07) is 0. The highest BCUT2D eigenvalue weighted by Crippen LogP contribution is 2.20. The zero-order valence-corrected chi connectivity index (χ0v) is 9.05. The van der Waals surface area contributed by atoms with Crippen molar-refractivity contribution < 1.29 is 5.11 Å². The first-order valence-corrected chi connectivity index (χ1v) is 4.95. The molecule has 2 rings (SSSR count). The standard InChI is InChI=1S/C10H14N4O/c1-6(7(2)15)9-10-13-12-8(3)14(10)5-4-11-9/h4-7,15H,1-3H3. The van der Waals surface area contributed by atoms with Gasteiger partial charge in [-0.2, -0.15) is 0 Å². The van der Waals surface area contributed by atoms with Gasteiger partial charge in [-0.25, -0.2) is 0 Å². The summed E-state index contributed by atoms with van der Waals surface area (Å²) in [7, 11) is 0. The molecule has 0 radical (unpaired) electrons. The summed E-state index contributed by atoms with van der Waals surface area (Å²) in [6.07, 6.45) is 3.08. The minimum Gasteiger partial charge on any atom is -0.393 e. The van der Waals surface area contributed by atoms with Crippen LogP contribution in [0.5, 0.6) is 0 Å². The first-order chi connectivity index (χ1) is 7.11. The van der Waals surface area contributed by atoms with Crippen molar-refractivity contribution in [2.24, 2.45) is 0 Å². The molecule has 2 heterocycles. The highest BCUT2D eigenvalue weighted by molar-refractivity contribution is 5.45. The van der Waals surface area contributed by atoms with Crippen LogP contribution in [0.4, 0.5) is 0 Å². The van der Waals surface area contributed by atoms with Crippen LogP contribution in [0, 0.1) is 6.92 Å². The van der Waals surface area contributed by atoms with Gasteiger partial charge in [0.05, 0.1) is 11.8 Å². The largest absolute Gasteiger partial charge is 0.393 e. The normalized spacial score (nSPS) is 15.5. The molecular weight excluding hydrogens is 192 g/mol. The van der Waals surface area contributed by atoms with Crippen LogP contribution >= 0.6 is 0 Å². The Bertz CT molecular complexity index is 477. The average molecular weight is 206 g/mol. The summed E-state index contributed by atoms with van der Waals surface area (Å²) in [4.78, 5) is 4.26. The van der Waals surface area contributed by atoms with Crippen LogP contribution < -0.4 is 0 Å². The Balaban J connectivity index is 2.61. The zero-order valence-electron chi connectivity index (χ0n) is 9.05. The number of aliphatic hydroxyl groups is 1. The SMILES string of the molecule is Cc1nnc2c(C(C)C(C)O)nccn12. The predicted molar refractivity (Wildman–Crippen MR) is 55.6 cm³/mol. The van der Waals surface area contributed by atoms with Gasteiger partial charge in [0, 0.05) is 18.3 Å². The monoisotopic (exact) mass is 206 g/mol. The molecule has 80 valence electrons. The van der Waals surface area contributed by atoms with E-state index in [0.29, 0.717) is 0 Å². The van der Waals surface area contributed by atoms with Crippen molar-refractivity contribution in [1.82, 2.24) is 19.6 Å². The molecule has 5 nitrogen and oxygen atoms in total. The van der Waals surface area contributed by atoms with Crippen molar-refractivity contribution in [3.63, 3.8) is 0 Å². The molecule has 2 aromatic heterocycles.